The van der Waals surface area contributed by atoms with E-state index in [9.17, 15) is 0 Å². The molecule has 0 aliphatic rings. The zero-order valence-corrected chi connectivity index (χ0v) is 14.2. The molecule has 0 spiro atoms. The Morgan fingerprint density at radius 1 is 1.12 bits per heavy atom. The van der Waals surface area contributed by atoms with Crippen LogP contribution < -0.4 is 9.96 Å². The summed E-state index contributed by atoms with van der Waals surface area (Å²) in [5.74, 6) is 0. The van der Waals surface area contributed by atoms with Gasteiger partial charge in [0, 0.05) is 12.2 Å². The molecule has 1 unspecified atom stereocenters. The van der Waals surface area contributed by atoms with E-state index in [2.05, 4.69) is 43.5 Å². The van der Waals surface area contributed by atoms with Crippen molar-refractivity contribution in [3.8, 4) is 0 Å². The topological polar surface area (TPSA) is 24.1 Å². The maximum Gasteiger partial charge on any atom is 0.332 e. The van der Waals surface area contributed by atoms with Gasteiger partial charge in [-0.25, -0.2) is 0 Å². The van der Waals surface area contributed by atoms with E-state index >= 15 is 4.11 Å². The Balaban J connectivity index is 4.77. The molecule has 0 fully saturated rings. The Labute approximate surface area is 103 Å². The largest absolute Gasteiger partial charge is 0.333 e. The first-order valence-corrected chi connectivity index (χ1v) is 11.7. The lowest BCUT2D eigenvalue weighted by Gasteiger charge is -2.40. The molecule has 1 atom stereocenters. The molecule has 2 nitrogen and oxygen atoms in total. The number of halogens is 1. The number of hydrogen-bond donors (Lipinski definition) is 2. The van der Waals surface area contributed by atoms with Crippen molar-refractivity contribution in [2.45, 2.75) is 65.3 Å². The van der Waals surface area contributed by atoms with Gasteiger partial charge in [0.15, 0.2) is 0 Å². The standard InChI is InChI=1S/C11H29FN2Si2/c1-10(2)13-9-16(12,11(3,4)5)14-15(6,7)8/h10,13-14H,9H2,1-8H3. The molecule has 0 saturated carbocycles. The molecule has 0 aliphatic carbocycles. The van der Waals surface area contributed by atoms with Gasteiger partial charge in [0.05, 0.1) is 0 Å². The Kier molecular flexibility index (Phi) is 5.38. The minimum absolute atomic E-state index is 0.269. The van der Waals surface area contributed by atoms with Gasteiger partial charge in [0.2, 0.25) is 0 Å². The predicted octanol–water partition coefficient (Wildman–Crippen LogP) is 3.16. The third-order valence-electron chi connectivity index (χ3n) is 2.52. The second kappa shape index (κ2) is 5.29. The molecule has 0 aromatic heterocycles. The highest BCUT2D eigenvalue weighted by molar-refractivity contribution is 6.90. The van der Waals surface area contributed by atoms with Gasteiger partial charge in [-0.1, -0.05) is 54.3 Å². The minimum Gasteiger partial charge on any atom is -0.333 e. The molecule has 0 aromatic carbocycles. The van der Waals surface area contributed by atoms with Gasteiger partial charge in [-0.2, -0.15) is 0 Å². The SMILES string of the molecule is CC(C)NC[Si](F)(N[Si](C)(C)C)C(C)(C)C. The maximum absolute atomic E-state index is 15.2. The van der Waals surface area contributed by atoms with E-state index in [0.717, 1.165) is 0 Å². The van der Waals surface area contributed by atoms with Crippen LogP contribution in [0.25, 0.3) is 0 Å². The molecule has 0 aromatic rings. The van der Waals surface area contributed by atoms with Crippen LogP contribution in [0.3, 0.4) is 0 Å². The van der Waals surface area contributed by atoms with Gasteiger partial charge in [-0.3, -0.25) is 4.11 Å². The van der Waals surface area contributed by atoms with E-state index in [1.807, 2.05) is 20.8 Å². The summed E-state index contributed by atoms with van der Waals surface area (Å²) >= 11 is 0. The molecule has 0 amide bonds. The van der Waals surface area contributed by atoms with Crippen LogP contribution in [-0.4, -0.2) is 29.0 Å². The van der Waals surface area contributed by atoms with Crippen molar-refractivity contribution < 1.29 is 4.11 Å². The molecule has 98 valence electrons. The van der Waals surface area contributed by atoms with E-state index in [0.29, 0.717) is 12.2 Å². The van der Waals surface area contributed by atoms with Crippen LogP contribution in [0.5, 0.6) is 0 Å². The highest BCUT2D eigenvalue weighted by Crippen LogP contribution is 2.35. The monoisotopic (exact) mass is 264 g/mol. The smallest absolute Gasteiger partial charge is 0.332 e. The molecule has 0 rings (SSSR count). The fraction of sp³-hybridized carbons (Fsp3) is 1.00. The molecule has 0 saturated heterocycles. The molecule has 2 N–H and O–H groups in total. The van der Waals surface area contributed by atoms with Crippen LogP contribution in [0.4, 0.5) is 4.11 Å². The minimum atomic E-state index is -2.95. The zero-order chi connectivity index (χ0) is 13.2. The quantitative estimate of drug-likeness (QED) is 0.589. The second-order valence-electron chi connectivity index (χ2n) is 6.96. The molecule has 0 radical (unpaired) electrons. The van der Waals surface area contributed by atoms with Crippen molar-refractivity contribution in [3.63, 3.8) is 0 Å². The van der Waals surface area contributed by atoms with Gasteiger partial charge in [-0.05, 0) is 5.04 Å². The second-order valence-corrected chi connectivity index (χ2v) is 15.9. The van der Waals surface area contributed by atoms with Crippen molar-refractivity contribution in [2.24, 2.45) is 0 Å². The first kappa shape index (κ1) is 16.3. The van der Waals surface area contributed by atoms with E-state index in [4.69, 9.17) is 0 Å². The molecule has 0 bridgehead atoms. The molecule has 5 heteroatoms. The summed E-state index contributed by atoms with van der Waals surface area (Å²) < 4.78 is 18.5. The van der Waals surface area contributed by atoms with Crippen LogP contribution in [-0.2, 0) is 0 Å². The average molecular weight is 265 g/mol. The summed E-state index contributed by atoms with van der Waals surface area (Å²) in [6, 6.07) is 0.341. The lowest BCUT2D eigenvalue weighted by atomic mass is 10.2. The van der Waals surface area contributed by atoms with Crippen molar-refractivity contribution in [3.05, 3.63) is 0 Å². The van der Waals surface area contributed by atoms with Crippen LogP contribution in [0.2, 0.25) is 24.7 Å². The van der Waals surface area contributed by atoms with Crippen LogP contribution in [0.1, 0.15) is 34.6 Å². The molecule has 16 heavy (non-hydrogen) atoms. The summed E-state index contributed by atoms with van der Waals surface area (Å²) in [4.78, 5) is 0. The van der Waals surface area contributed by atoms with Gasteiger partial charge >= 0.3 is 8.57 Å². The molecule has 0 heterocycles. The zero-order valence-electron chi connectivity index (χ0n) is 12.2. The van der Waals surface area contributed by atoms with E-state index < -0.39 is 16.8 Å². The van der Waals surface area contributed by atoms with Crippen LogP contribution in [0.15, 0.2) is 0 Å². The van der Waals surface area contributed by atoms with E-state index in [1.165, 1.54) is 0 Å². The van der Waals surface area contributed by atoms with Crippen LogP contribution >= 0.6 is 0 Å². The first-order valence-electron chi connectivity index (χ1n) is 6.09. The lowest BCUT2D eigenvalue weighted by molar-refractivity contribution is 0.544. The highest BCUT2D eigenvalue weighted by atomic mass is 28.4. The first-order chi connectivity index (χ1) is 6.87. The van der Waals surface area contributed by atoms with E-state index in [-0.39, 0.29) is 5.04 Å². The third-order valence-corrected chi connectivity index (χ3v) is 10.2. The summed E-state index contributed by atoms with van der Waals surface area (Å²) in [6.07, 6.45) is 0.498. The van der Waals surface area contributed by atoms with Crippen molar-refractivity contribution in [1.82, 2.24) is 9.96 Å². The van der Waals surface area contributed by atoms with Crippen molar-refractivity contribution in [2.75, 3.05) is 6.17 Å². The van der Waals surface area contributed by atoms with Gasteiger partial charge in [0.1, 0.15) is 8.24 Å². The lowest BCUT2D eigenvalue weighted by Crippen LogP contribution is -2.67. The van der Waals surface area contributed by atoms with Gasteiger partial charge in [-0.15, -0.1) is 0 Å². The number of nitrogens with one attached hydrogen (secondary N) is 2. The van der Waals surface area contributed by atoms with Crippen molar-refractivity contribution in [1.29, 1.82) is 0 Å². The molecular formula is C11H29FN2Si2. The normalized spacial score (nSPS) is 17.6. The maximum atomic E-state index is 15.2. The fourth-order valence-corrected chi connectivity index (χ4v) is 9.26. The van der Waals surface area contributed by atoms with Crippen LogP contribution in [0, 0.1) is 0 Å². The summed E-state index contributed by atoms with van der Waals surface area (Å²) in [5, 5.41) is 2.99. The molecular weight excluding hydrogens is 235 g/mol. The summed E-state index contributed by atoms with van der Waals surface area (Å²) in [6.45, 7) is 16.6. The predicted molar refractivity (Wildman–Crippen MR) is 76.2 cm³/mol. The Hall–Kier alpha value is 0.284. The third kappa shape index (κ3) is 5.56. The highest BCUT2D eigenvalue weighted by Gasteiger charge is 2.48. The number of hydrogen-bond acceptors (Lipinski definition) is 2. The Morgan fingerprint density at radius 2 is 1.56 bits per heavy atom. The van der Waals surface area contributed by atoms with Gasteiger partial charge in [0.25, 0.3) is 0 Å². The van der Waals surface area contributed by atoms with Crippen molar-refractivity contribution >= 4 is 16.8 Å². The summed E-state index contributed by atoms with van der Waals surface area (Å²) in [7, 11) is -4.53. The summed E-state index contributed by atoms with van der Waals surface area (Å²) in [5.41, 5.74) is 0. The average Bonchev–Trinajstić information content (AvgIpc) is 1.95. The van der Waals surface area contributed by atoms with E-state index in [1.54, 1.807) is 0 Å². The Bertz CT molecular complexity index is 221. The fourth-order valence-electron chi connectivity index (χ4n) is 1.44. The number of rotatable bonds is 5. The van der Waals surface area contributed by atoms with Gasteiger partial charge < -0.3 is 9.96 Å². The molecule has 0 aliphatic heterocycles. The Morgan fingerprint density at radius 3 is 1.81 bits per heavy atom.